The summed E-state index contributed by atoms with van der Waals surface area (Å²) in [6.07, 6.45) is -0.332. The number of carbonyl (C=O) groups excluding carboxylic acids is 2. The average molecular weight is 439 g/mol. The first kappa shape index (κ1) is 22.2. The van der Waals surface area contributed by atoms with Crippen molar-refractivity contribution in [3.05, 3.63) is 80.2 Å². The van der Waals surface area contributed by atoms with Crippen molar-refractivity contribution in [1.29, 1.82) is 0 Å². The molecule has 7 nitrogen and oxygen atoms in total. The Balaban J connectivity index is 2.00. The van der Waals surface area contributed by atoms with Gasteiger partial charge in [0.2, 0.25) is 0 Å². The quantitative estimate of drug-likeness (QED) is 0.300. The topological polar surface area (TPSA) is 98.5 Å². The molecule has 31 heavy (non-hydrogen) atoms. The summed E-state index contributed by atoms with van der Waals surface area (Å²) in [7, 11) is 0. The number of ether oxygens (including phenoxy) is 1. The maximum absolute atomic E-state index is 12.8. The first-order chi connectivity index (χ1) is 14.7. The monoisotopic (exact) mass is 438 g/mol. The van der Waals surface area contributed by atoms with Crippen molar-refractivity contribution >= 4 is 33.9 Å². The average Bonchev–Trinajstić information content (AvgIpc) is 3.11. The maximum Gasteiger partial charge on any atom is 0.342 e. The third-order valence-electron chi connectivity index (χ3n) is 4.60. The molecule has 0 bridgehead atoms. The molecule has 0 aliphatic heterocycles. The van der Waals surface area contributed by atoms with Crippen LogP contribution < -0.4 is 5.32 Å². The molecule has 0 fully saturated rings. The van der Waals surface area contributed by atoms with E-state index in [-0.39, 0.29) is 22.9 Å². The molecular formula is C23H22N2O5S. The summed E-state index contributed by atoms with van der Waals surface area (Å²) in [5.74, 6) is -1.09. The molecule has 3 rings (SSSR count). The minimum absolute atomic E-state index is 0.130. The lowest BCUT2D eigenvalue weighted by atomic mass is 10.0. The Bertz CT molecular complexity index is 1150. The third-order valence-corrected chi connectivity index (χ3v) is 5.49. The number of nitro groups is 1. The number of rotatable bonds is 6. The van der Waals surface area contributed by atoms with E-state index in [4.69, 9.17) is 4.74 Å². The van der Waals surface area contributed by atoms with Gasteiger partial charge in [-0.1, -0.05) is 35.9 Å². The van der Waals surface area contributed by atoms with Crippen LogP contribution in [-0.2, 0) is 4.74 Å². The summed E-state index contributed by atoms with van der Waals surface area (Å²) in [4.78, 5) is 36.3. The van der Waals surface area contributed by atoms with Crippen molar-refractivity contribution in [2.75, 3.05) is 5.32 Å². The molecule has 1 heterocycles. The van der Waals surface area contributed by atoms with Gasteiger partial charge in [0.1, 0.15) is 10.6 Å². The Morgan fingerprint density at radius 1 is 1.10 bits per heavy atom. The van der Waals surface area contributed by atoms with E-state index in [0.717, 1.165) is 11.1 Å². The number of amides is 1. The normalized spacial score (nSPS) is 10.7. The van der Waals surface area contributed by atoms with E-state index in [0.29, 0.717) is 16.1 Å². The van der Waals surface area contributed by atoms with Crippen molar-refractivity contribution in [2.24, 2.45) is 0 Å². The molecule has 1 amide bonds. The molecule has 0 aliphatic carbocycles. The number of esters is 1. The molecule has 0 unspecified atom stereocenters. The van der Waals surface area contributed by atoms with Crippen LogP contribution in [0, 0.1) is 24.0 Å². The van der Waals surface area contributed by atoms with E-state index >= 15 is 0 Å². The molecule has 0 saturated heterocycles. The predicted octanol–water partition coefficient (Wildman–Crippen LogP) is 5.76. The lowest BCUT2D eigenvalue weighted by Crippen LogP contribution is -2.17. The highest BCUT2D eigenvalue weighted by Gasteiger charge is 2.24. The highest BCUT2D eigenvalue weighted by molar-refractivity contribution is 7.15. The Hall–Kier alpha value is -3.52. The van der Waals surface area contributed by atoms with Gasteiger partial charge < -0.3 is 10.1 Å². The number of carbonyl (C=O) groups is 2. The fourth-order valence-electron chi connectivity index (χ4n) is 2.99. The number of benzene rings is 2. The predicted molar refractivity (Wildman–Crippen MR) is 121 cm³/mol. The summed E-state index contributed by atoms with van der Waals surface area (Å²) in [6.45, 7) is 7.07. The van der Waals surface area contributed by atoms with E-state index < -0.39 is 16.8 Å². The minimum Gasteiger partial charge on any atom is -0.459 e. The molecule has 1 aromatic heterocycles. The van der Waals surface area contributed by atoms with Gasteiger partial charge in [-0.05, 0) is 39.3 Å². The number of aryl methyl sites for hydroxylation is 2. The van der Waals surface area contributed by atoms with Gasteiger partial charge in [-0.15, -0.1) is 11.3 Å². The summed E-state index contributed by atoms with van der Waals surface area (Å²) in [5.41, 5.74) is 3.27. The summed E-state index contributed by atoms with van der Waals surface area (Å²) in [6, 6.07) is 11.9. The number of thiophene rings is 1. The van der Waals surface area contributed by atoms with Crippen LogP contribution in [0.15, 0.2) is 47.8 Å². The standard InChI is InChI=1S/C23H22N2O5S/c1-13(2)30-23(27)20-18(16-8-5-14(3)6-9-16)12-31-22(20)24-21(26)17-10-7-15(4)19(11-17)25(28)29/h5-13H,1-4H3,(H,24,26). The molecule has 8 heteroatoms. The van der Waals surface area contributed by atoms with Gasteiger partial charge >= 0.3 is 5.97 Å². The highest BCUT2D eigenvalue weighted by atomic mass is 32.1. The number of nitro benzene ring substituents is 1. The van der Waals surface area contributed by atoms with E-state index in [2.05, 4.69) is 5.32 Å². The van der Waals surface area contributed by atoms with Gasteiger partial charge in [-0.2, -0.15) is 0 Å². The zero-order valence-electron chi connectivity index (χ0n) is 17.6. The smallest absolute Gasteiger partial charge is 0.342 e. The maximum atomic E-state index is 12.8. The Morgan fingerprint density at radius 2 is 1.77 bits per heavy atom. The van der Waals surface area contributed by atoms with Crippen LogP contribution in [0.2, 0.25) is 0 Å². The lowest BCUT2D eigenvalue weighted by Gasteiger charge is -2.12. The number of hydrogen-bond donors (Lipinski definition) is 1. The van der Waals surface area contributed by atoms with Gasteiger partial charge in [0.15, 0.2) is 0 Å². The van der Waals surface area contributed by atoms with Crippen LogP contribution in [-0.4, -0.2) is 22.9 Å². The number of hydrogen-bond acceptors (Lipinski definition) is 6. The zero-order chi connectivity index (χ0) is 22.7. The first-order valence-corrected chi connectivity index (χ1v) is 10.5. The van der Waals surface area contributed by atoms with Crippen LogP contribution in [0.4, 0.5) is 10.7 Å². The van der Waals surface area contributed by atoms with E-state index in [9.17, 15) is 19.7 Å². The van der Waals surface area contributed by atoms with Crippen molar-refractivity contribution in [1.82, 2.24) is 0 Å². The molecule has 2 aromatic carbocycles. The van der Waals surface area contributed by atoms with Gasteiger partial charge in [0, 0.05) is 28.1 Å². The fraction of sp³-hybridized carbons (Fsp3) is 0.217. The van der Waals surface area contributed by atoms with Gasteiger partial charge in [-0.3, -0.25) is 14.9 Å². The Kier molecular flexibility index (Phi) is 6.50. The summed E-state index contributed by atoms with van der Waals surface area (Å²) < 4.78 is 5.40. The van der Waals surface area contributed by atoms with Crippen molar-refractivity contribution in [3.63, 3.8) is 0 Å². The second kappa shape index (κ2) is 9.09. The van der Waals surface area contributed by atoms with Crippen LogP contribution in [0.25, 0.3) is 11.1 Å². The number of anilines is 1. The molecular weight excluding hydrogens is 416 g/mol. The SMILES string of the molecule is Cc1ccc(-c2csc(NC(=O)c3ccc(C)c([N+](=O)[O-])c3)c2C(=O)OC(C)C)cc1. The van der Waals surface area contributed by atoms with E-state index in [1.165, 1.54) is 29.5 Å². The summed E-state index contributed by atoms with van der Waals surface area (Å²) in [5, 5.41) is 16.0. The Labute approximate surface area is 183 Å². The molecule has 0 spiro atoms. The third kappa shape index (κ3) is 4.97. The molecule has 0 radical (unpaired) electrons. The molecule has 0 aliphatic rings. The second-order valence-electron chi connectivity index (χ2n) is 7.39. The van der Waals surface area contributed by atoms with Crippen LogP contribution in [0.5, 0.6) is 0 Å². The van der Waals surface area contributed by atoms with E-state index in [1.807, 2.05) is 31.2 Å². The van der Waals surface area contributed by atoms with Crippen LogP contribution in [0.3, 0.4) is 0 Å². The Morgan fingerprint density at radius 3 is 2.39 bits per heavy atom. The largest absolute Gasteiger partial charge is 0.459 e. The van der Waals surface area contributed by atoms with Crippen molar-refractivity contribution in [2.45, 2.75) is 33.8 Å². The summed E-state index contributed by atoms with van der Waals surface area (Å²) >= 11 is 1.20. The van der Waals surface area contributed by atoms with Crippen molar-refractivity contribution < 1.29 is 19.2 Å². The molecule has 160 valence electrons. The molecule has 1 N–H and O–H groups in total. The fourth-order valence-corrected chi connectivity index (χ4v) is 3.95. The lowest BCUT2D eigenvalue weighted by molar-refractivity contribution is -0.385. The zero-order valence-corrected chi connectivity index (χ0v) is 18.4. The van der Waals surface area contributed by atoms with Crippen LogP contribution >= 0.6 is 11.3 Å². The van der Waals surface area contributed by atoms with Crippen molar-refractivity contribution in [3.8, 4) is 11.1 Å². The molecule has 0 atom stereocenters. The molecule has 3 aromatic rings. The van der Waals surface area contributed by atoms with Gasteiger partial charge in [0.05, 0.1) is 11.0 Å². The highest BCUT2D eigenvalue weighted by Crippen LogP contribution is 2.37. The van der Waals surface area contributed by atoms with Gasteiger partial charge in [0.25, 0.3) is 11.6 Å². The van der Waals surface area contributed by atoms with Gasteiger partial charge in [-0.25, -0.2) is 4.79 Å². The number of nitrogens with zero attached hydrogens (tertiary/aromatic N) is 1. The number of nitrogens with one attached hydrogen (secondary N) is 1. The van der Waals surface area contributed by atoms with E-state index in [1.54, 1.807) is 26.2 Å². The minimum atomic E-state index is -0.544. The van der Waals surface area contributed by atoms with Crippen LogP contribution in [0.1, 0.15) is 45.7 Å². The molecule has 0 saturated carbocycles. The second-order valence-corrected chi connectivity index (χ2v) is 8.27. The first-order valence-electron chi connectivity index (χ1n) is 9.63.